The molecule has 0 atom stereocenters. The molecule has 1 aromatic heterocycles. The number of nitrogens with zero attached hydrogens (tertiary/aromatic N) is 2. The summed E-state index contributed by atoms with van der Waals surface area (Å²) in [6, 6.07) is 5.10. The third-order valence-corrected chi connectivity index (χ3v) is 4.35. The molecule has 0 saturated heterocycles. The highest BCUT2D eigenvalue weighted by Crippen LogP contribution is 2.25. The molecule has 134 valence electrons. The summed E-state index contributed by atoms with van der Waals surface area (Å²) in [6.45, 7) is 6.31. The minimum Gasteiger partial charge on any atom is -0.484 e. The van der Waals surface area contributed by atoms with Gasteiger partial charge >= 0.3 is 0 Å². The second kappa shape index (κ2) is 8.67. The van der Waals surface area contributed by atoms with Crippen LogP contribution < -0.4 is 15.6 Å². The van der Waals surface area contributed by atoms with Gasteiger partial charge in [-0.15, -0.1) is 0 Å². The van der Waals surface area contributed by atoms with E-state index < -0.39 is 0 Å². The van der Waals surface area contributed by atoms with Crippen molar-refractivity contribution < 1.29 is 9.53 Å². The molecule has 0 bridgehead atoms. The Morgan fingerprint density at radius 3 is 2.56 bits per heavy atom. The summed E-state index contributed by atoms with van der Waals surface area (Å²) in [6.07, 6.45) is 2.22. The van der Waals surface area contributed by atoms with Crippen LogP contribution in [0.1, 0.15) is 23.7 Å². The summed E-state index contributed by atoms with van der Waals surface area (Å²) in [4.78, 5) is 27.9. The topological polar surface area (TPSA) is 73.2 Å². The first kappa shape index (κ1) is 19.0. The highest BCUT2D eigenvalue weighted by Gasteiger charge is 2.07. The summed E-state index contributed by atoms with van der Waals surface area (Å²) < 4.78 is 6.95. The number of aromatic nitrogens is 2. The van der Waals surface area contributed by atoms with E-state index in [1.54, 1.807) is 12.1 Å². The van der Waals surface area contributed by atoms with Gasteiger partial charge in [-0.2, -0.15) is 0 Å². The van der Waals surface area contributed by atoms with E-state index in [2.05, 4.69) is 10.3 Å². The minimum absolute atomic E-state index is 0.0948. The highest BCUT2D eigenvalue weighted by atomic mass is 35.5. The number of benzene rings is 1. The van der Waals surface area contributed by atoms with Crippen LogP contribution in [-0.4, -0.2) is 28.6 Å². The average Bonchev–Trinajstić information content (AvgIpc) is 2.59. The number of aryl methyl sites for hydroxylation is 3. The average molecular weight is 364 g/mol. The van der Waals surface area contributed by atoms with Crippen molar-refractivity contribution in [2.24, 2.45) is 0 Å². The van der Waals surface area contributed by atoms with Crippen molar-refractivity contribution in [3.05, 3.63) is 56.7 Å². The van der Waals surface area contributed by atoms with E-state index in [4.69, 9.17) is 16.3 Å². The van der Waals surface area contributed by atoms with Crippen molar-refractivity contribution in [2.75, 3.05) is 13.2 Å². The fraction of sp³-hybridized carbons (Fsp3) is 0.389. The quantitative estimate of drug-likeness (QED) is 0.819. The number of ether oxygens (including phenoxy) is 1. The molecule has 1 heterocycles. The Morgan fingerprint density at radius 1 is 1.28 bits per heavy atom. The van der Waals surface area contributed by atoms with Gasteiger partial charge in [-0.3, -0.25) is 14.2 Å². The van der Waals surface area contributed by atoms with Crippen LogP contribution in [0.25, 0.3) is 0 Å². The molecule has 0 fully saturated rings. The molecule has 2 aromatic rings. The molecule has 0 spiro atoms. The van der Waals surface area contributed by atoms with E-state index in [0.717, 1.165) is 16.8 Å². The second-order valence-corrected chi connectivity index (χ2v) is 6.15. The number of nitrogens with one attached hydrogen (secondary N) is 1. The van der Waals surface area contributed by atoms with Crippen LogP contribution in [-0.2, 0) is 17.8 Å². The van der Waals surface area contributed by atoms with Gasteiger partial charge in [-0.05, 0) is 43.5 Å². The van der Waals surface area contributed by atoms with Gasteiger partial charge in [-0.1, -0.05) is 18.5 Å². The van der Waals surface area contributed by atoms with Crippen molar-refractivity contribution in [3.63, 3.8) is 0 Å². The normalized spacial score (nSPS) is 10.6. The lowest BCUT2D eigenvalue weighted by atomic mass is 10.1. The third kappa shape index (κ3) is 5.32. The van der Waals surface area contributed by atoms with Crippen LogP contribution in [0.3, 0.4) is 0 Å². The van der Waals surface area contributed by atoms with Gasteiger partial charge < -0.3 is 10.1 Å². The zero-order valence-electron chi connectivity index (χ0n) is 14.6. The fourth-order valence-corrected chi connectivity index (χ4v) is 2.44. The minimum atomic E-state index is -0.253. The van der Waals surface area contributed by atoms with E-state index in [-0.39, 0.29) is 18.1 Å². The number of carbonyl (C=O) groups excluding carboxylic acids is 1. The fourth-order valence-electron chi connectivity index (χ4n) is 2.33. The Balaban J connectivity index is 1.80. The van der Waals surface area contributed by atoms with E-state index in [0.29, 0.717) is 30.3 Å². The standard InChI is InChI=1S/C18H22ClN3O3/c1-4-14-9-17(24)22(11-21-14)6-5-20-16(23)10-25-15-7-12(2)18(19)13(3)8-15/h7-9,11H,4-6,10H2,1-3H3,(H,20,23). The molecule has 1 aromatic carbocycles. The predicted octanol–water partition coefficient (Wildman–Crippen LogP) is 2.27. The molecule has 0 unspecified atom stereocenters. The first-order chi connectivity index (χ1) is 11.9. The van der Waals surface area contributed by atoms with Crippen LogP contribution in [0.2, 0.25) is 5.02 Å². The summed E-state index contributed by atoms with van der Waals surface area (Å²) in [5, 5.41) is 3.42. The highest BCUT2D eigenvalue weighted by molar-refractivity contribution is 6.32. The number of rotatable bonds is 7. The van der Waals surface area contributed by atoms with Gasteiger partial charge in [0.2, 0.25) is 0 Å². The lowest BCUT2D eigenvalue weighted by Crippen LogP contribution is -2.33. The molecule has 7 heteroatoms. The zero-order valence-corrected chi connectivity index (χ0v) is 15.4. The molecule has 2 rings (SSSR count). The van der Waals surface area contributed by atoms with Gasteiger partial charge in [0, 0.05) is 29.9 Å². The van der Waals surface area contributed by atoms with Gasteiger partial charge in [0.25, 0.3) is 11.5 Å². The van der Waals surface area contributed by atoms with E-state index in [9.17, 15) is 9.59 Å². The second-order valence-electron chi connectivity index (χ2n) is 5.78. The summed E-state index contributed by atoms with van der Waals surface area (Å²) in [5.74, 6) is 0.349. The Bertz CT molecular complexity index is 794. The Labute approximate surface area is 151 Å². The molecule has 0 aliphatic heterocycles. The molecule has 0 aliphatic rings. The Morgan fingerprint density at radius 2 is 1.96 bits per heavy atom. The molecule has 6 nitrogen and oxygen atoms in total. The van der Waals surface area contributed by atoms with Gasteiger partial charge in [0.15, 0.2) is 6.61 Å². The number of hydrogen-bond donors (Lipinski definition) is 1. The summed E-state index contributed by atoms with van der Waals surface area (Å²) in [7, 11) is 0. The Kier molecular flexibility index (Phi) is 6.58. The number of hydrogen-bond acceptors (Lipinski definition) is 4. The van der Waals surface area contributed by atoms with Crippen LogP contribution in [0.15, 0.2) is 29.3 Å². The van der Waals surface area contributed by atoms with Crippen LogP contribution in [0.5, 0.6) is 5.75 Å². The largest absolute Gasteiger partial charge is 0.484 e. The predicted molar refractivity (Wildman–Crippen MR) is 97.3 cm³/mol. The maximum Gasteiger partial charge on any atom is 0.258 e. The lowest BCUT2D eigenvalue weighted by molar-refractivity contribution is -0.123. The smallest absolute Gasteiger partial charge is 0.258 e. The van der Waals surface area contributed by atoms with Gasteiger partial charge in [-0.25, -0.2) is 4.98 Å². The maximum absolute atomic E-state index is 11.9. The van der Waals surface area contributed by atoms with E-state index in [1.807, 2.05) is 20.8 Å². The first-order valence-corrected chi connectivity index (χ1v) is 8.50. The zero-order chi connectivity index (χ0) is 18.4. The molecule has 0 saturated carbocycles. The van der Waals surface area contributed by atoms with Crippen LogP contribution in [0, 0.1) is 13.8 Å². The SMILES string of the molecule is CCc1cc(=O)n(CCNC(=O)COc2cc(C)c(Cl)c(C)c2)cn1. The molecule has 0 radical (unpaired) electrons. The third-order valence-electron chi connectivity index (χ3n) is 3.75. The number of amides is 1. The van der Waals surface area contributed by atoms with Gasteiger partial charge in [0.1, 0.15) is 5.75 Å². The molecule has 1 N–H and O–H groups in total. The van der Waals surface area contributed by atoms with E-state index >= 15 is 0 Å². The maximum atomic E-state index is 11.9. The Hall–Kier alpha value is -2.34. The first-order valence-electron chi connectivity index (χ1n) is 8.12. The number of halogens is 1. The van der Waals surface area contributed by atoms with Crippen LogP contribution in [0.4, 0.5) is 0 Å². The van der Waals surface area contributed by atoms with Crippen molar-refractivity contribution in [3.8, 4) is 5.75 Å². The molecule has 0 aliphatic carbocycles. The van der Waals surface area contributed by atoms with Crippen molar-refractivity contribution in [1.82, 2.24) is 14.9 Å². The van der Waals surface area contributed by atoms with Crippen molar-refractivity contribution >= 4 is 17.5 Å². The van der Waals surface area contributed by atoms with E-state index in [1.165, 1.54) is 17.0 Å². The molecule has 1 amide bonds. The summed E-state index contributed by atoms with van der Waals surface area (Å²) >= 11 is 6.10. The van der Waals surface area contributed by atoms with Crippen molar-refractivity contribution in [2.45, 2.75) is 33.7 Å². The van der Waals surface area contributed by atoms with Gasteiger partial charge in [0.05, 0.1) is 6.33 Å². The van der Waals surface area contributed by atoms with Crippen LogP contribution >= 0.6 is 11.6 Å². The number of carbonyl (C=O) groups is 1. The monoisotopic (exact) mass is 363 g/mol. The molecule has 25 heavy (non-hydrogen) atoms. The molecular weight excluding hydrogens is 342 g/mol. The summed E-state index contributed by atoms with van der Waals surface area (Å²) in [5.41, 5.74) is 2.44. The lowest BCUT2D eigenvalue weighted by Gasteiger charge is -2.11. The molecular formula is C18H22ClN3O3. The van der Waals surface area contributed by atoms with Crippen molar-refractivity contribution in [1.29, 1.82) is 0 Å².